The summed E-state index contributed by atoms with van der Waals surface area (Å²) in [6, 6.07) is 1.94. The summed E-state index contributed by atoms with van der Waals surface area (Å²) in [4.78, 5) is 14.0. The minimum Gasteiger partial charge on any atom is -0.395 e. The van der Waals surface area contributed by atoms with Crippen LogP contribution >= 0.6 is 0 Å². The first kappa shape index (κ1) is 14.0. The lowest BCUT2D eigenvalue weighted by Gasteiger charge is -2.21. The number of carbonyl (C=O) groups excluding carboxylic acids is 1. The van der Waals surface area contributed by atoms with Crippen molar-refractivity contribution in [2.45, 2.75) is 38.8 Å². The maximum Gasteiger partial charge on any atom is 0.239 e. The molecule has 0 saturated carbocycles. The molecule has 1 amide bonds. The Bertz CT molecular complexity index is 419. The fourth-order valence-corrected chi connectivity index (χ4v) is 2.51. The molecule has 0 aromatic carbocycles. The first-order valence-corrected chi connectivity index (χ1v) is 6.91. The van der Waals surface area contributed by atoms with Crippen LogP contribution in [0.1, 0.15) is 26.2 Å². The Hall–Kier alpha value is -1.40. The van der Waals surface area contributed by atoms with Gasteiger partial charge in [0.2, 0.25) is 5.91 Å². The molecule has 6 nitrogen and oxygen atoms in total. The van der Waals surface area contributed by atoms with E-state index in [1.165, 1.54) is 0 Å². The van der Waals surface area contributed by atoms with Crippen molar-refractivity contribution in [3.63, 3.8) is 0 Å². The monoisotopic (exact) mass is 266 g/mol. The van der Waals surface area contributed by atoms with Gasteiger partial charge in [-0.05, 0) is 25.8 Å². The minimum absolute atomic E-state index is 0.0433. The van der Waals surface area contributed by atoms with E-state index >= 15 is 0 Å². The molecule has 1 saturated heterocycles. The molecule has 1 aromatic heterocycles. The summed E-state index contributed by atoms with van der Waals surface area (Å²) >= 11 is 0. The van der Waals surface area contributed by atoms with Gasteiger partial charge in [0.25, 0.3) is 0 Å². The van der Waals surface area contributed by atoms with E-state index in [0.717, 1.165) is 38.2 Å². The third-order valence-electron chi connectivity index (χ3n) is 3.48. The number of aliphatic hydroxyl groups excluding tert-OH is 1. The highest BCUT2D eigenvalue weighted by Gasteiger charge is 2.25. The number of hydrogen-bond acceptors (Lipinski definition) is 4. The number of anilines is 1. The third-order valence-corrected chi connectivity index (χ3v) is 3.48. The van der Waals surface area contributed by atoms with Gasteiger partial charge in [0.15, 0.2) is 0 Å². The molecule has 1 aliphatic heterocycles. The van der Waals surface area contributed by atoms with Crippen LogP contribution in [0.15, 0.2) is 12.3 Å². The fourth-order valence-electron chi connectivity index (χ4n) is 2.51. The van der Waals surface area contributed by atoms with Gasteiger partial charge in [-0.25, -0.2) is 4.68 Å². The molecule has 106 valence electrons. The predicted molar refractivity (Wildman–Crippen MR) is 72.8 cm³/mol. The largest absolute Gasteiger partial charge is 0.395 e. The van der Waals surface area contributed by atoms with Gasteiger partial charge < -0.3 is 10.4 Å². The third kappa shape index (κ3) is 3.54. The molecule has 2 rings (SSSR count). The Balaban J connectivity index is 1.88. The van der Waals surface area contributed by atoms with Gasteiger partial charge in [0.1, 0.15) is 5.82 Å². The zero-order chi connectivity index (χ0) is 13.7. The summed E-state index contributed by atoms with van der Waals surface area (Å²) in [5, 5.41) is 16.3. The summed E-state index contributed by atoms with van der Waals surface area (Å²) < 4.78 is 1.80. The van der Waals surface area contributed by atoms with Crippen LogP contribution in [0.3, 0.4) is 0 Å². The van der Waals surface area contributed by atoms with Crippen molar-refractivity contribution in [2.75, 3.05) is 25.0 Å². The number of aryl methyl sites for hydroxylation is 1. The fraction of sp³-hybridized carbons (Fsp3) is 0.692. The molecule has 1 fully saturated rings. The van der Waals surface area contributed by atoms with Crippen molar-refractivity contribution in [3.8, 4) is 0 Å². The summed E-state index contributed by atoms with van der Waals surface area (Å²) in [6.07, 6.45) is 4.69. The Labute approximate surface area is 113 Å². The molecule has 2 N–H and O–H groups in total. The number of carbonyl (C=O) groups is 1. The van der Waals surface area contributed by atoms with Crippen molar-refractivity contribution >= 4 is 11.7 Å². The average Bonchev–Trinajstić information content (AvgIpc) is 3.00. The van der Waals surface area contributed by atoms with Crippen LogP contribution < -0.4 is 5.32 Å². The second kappa shape index (κ2) is 6.68. The number of nitrogens with one attached hydrogen (secondary N) is 1. The molecule has 0 aliphatic carbocycles. The molecular weight excluding hydrogens is 244 g/mol. The highest BCUT2D eigenvalue weighted by molar-refractivity contribution is 5.91. The SMILES string of the molecule is CCCn1nccc1NC(=O)CN1CCC[C@H]1CO. The Morgan fingerprint density at radius 1 is 1.63 bits per heavy atom. The second-order valence-electron chi connectivity index (χ2n) is 4.94. The van der Waals surface area contributed by atoms with Crippen LogP contribution in [0.2, 0.25) is 0 Å². The maximum absolute atomic E-state index is 12.0. The van der Waals surface area contributed by atoms with E-state index in [-0.39, 0.29) is 18.6 Å². The highest BCUT2D eigenvalue weighted by Crippen LogP contribution is 2.16. The zero-order valence-electron chi connectivity index (χ0n) is 11.4. The number of aromatic nitrogens is 2. The minimum atomic E-state index is -0.0433. The van der Waals surface area contributed by atoms with E-state index in [2.05, 4.69) is 17.3 Å². The number of amides is 1. The molecule has 0 unspecified atom stereocenters. The molecule has 19 heavy (non-hydrogen) atoms. The maximum atomic E-state index is 12.0. The molecule has 1 aromatic rings. The summed E-state index contributed by atoms with van der Waals surface area (Å²) in [5.41, 5.74) is 0. The number of nitrogens with zero attached hydrogens (tertiary/aromatic N) is 3. The number of aliphatic hydroxyl groups is 1. The lowest BCUT2D eigenvalue weighted by molar-refractivity contribution is -0.117. The van der Waals surface area contributed by atoms with E-state index in [1.54, 1.807) is 16.9 Å². The van der Waals surface area contributed by atoms with Crippen LogP contribution in [0, 0.1) is 0 Å². The molecule has 0 bridgehead atoms. The van der Waals surface area contributed by atoms with Crippen LogP contribution in [0.25, 0.3) is 0 Å². The smallest absolute Gasteiger partial charge is 0.239 e. The van der Waals surface area contributed by atoms with Crippen molar-refractivity contribution < 1.29 is 9.90 Å². The quantitative estimate of drug-likeness (QED) is 0.794. The lowest BCUT2D eigenvalue weighted by atomic mass is 10.2. The Kier molecular flexibility index (Phi) is 4.93. The predicted octanol–water partition coefficient (Wildman–Crippen LogP) is 0.688. The van der Waals surface area contributed by atoms with Crippen LogP contribution in [0.4, 0.5) is 5.82 Å². The van der Waals surface area contributed by atoms with Gasteiger partial charge in [0.05, 0.1) is 19.3 Å². The van der Waals surface area contributed by atoms with Crippen molar-refractivity contribution in [1.82, 2.24) is 14.7 Å². The topological polar surface area (TPSA) is 70.4 Å². The molecule has 6 heteroatoms. The molecule has 2 heterocycles. The van der Waals surface area contributed by atoms with Gasteiger partial charge in [-0.2, -0.15) is 5.10 Å². The van der Waals surface area contributed by atoms with Crippen molar-refractivity contribution in [1.29, 1.82) is 0 Å². The van der Waals surface area contributed by atoms with E-state index in [9.17, 15) is 9.90 Å². The Morgan fingerprint density at radius 2 is 2.47 bits per heavy atom. The van der Waals surface area contributed by atoms with E-state index in [4.69, 9.17) is 0 Å². The summed E-state index contributed by atoms with van der Waals surface area (Å²) in [5.74, 6) is 0.699. The van der Waals surface area contributed by atoms with Crippen LogP contribution in [-0.2, 0) is 11.3 Å². The normalized spacial score (nSPS) is 19.8. The summed E-state index contributed by atoms with van der Waals surface area (Å²) in [7, 11) is 0. The van der Waals surface area contributed by atoms with Gasteiger partial charge in [-0.15, -0.1) is 0 Å². The van der Waals surface area contributed by atoms with Gasteiger partial charge in [-0.1, -0.05) is 6.92 Å². The Morgan fingerprint density at radius 3 is 3.21 bits per heavy atom. The van der Waals surface area contributed by atoms with Crippen LogP contribution in [0.5, 0.6) is 0 Å². The van der Waals surface area contributed by atoms with E-state index in [1.807, 2.05) is 4.90 Å². The van der Waals surface area contributed by atoms with Crippen molar-refractivity contribution in [2.24, 2.45) is 0 Å². The highest BCUT2D eigenvalue weighted by atomic mass is 16.3. The zero-order valence-corrected chi connectivity index (χ0v) is 11.4. The van der Waals surface area contributed by atoms with Gasteiger partial charge in [0, 0.05) is 18.7 Å². The molecule has 1 atom stereocenters. The van der Waals surface area contributed by atoms with Gasteiger partial charge >= 0.3 is 0 Å². The number of rotatable bonds is 6. The second-order valence-corrected chi connectivity index (χ2v) is 4.94. The number of hydrogen-bond donors (Lipinski definition) is 2. The number of likely N-dealkylation sites (tertiary alicyclic amines) is 1. The van der Waals surface area contributed by atoms with E-state index in [0.29, 0.717) is 6.54 Å². The van der Waals surface area contributed by atoms with E-state index < -0.39 is 0 Å². The first-order chi connectivity index (χ1) is 9.24. The van der Waals surface area contributed by atoms with Gasteiger partial charge in [-0.3, -0.25) is 9.69 Å². The average molecular weight is 266 g/mol. The molecule has 1 aliphatic rings. The first-order valence-electron chi connectivity index (χ1n) is 6.91. The molecule has 0 radical (unpaired) electrons. The molecular formula is C13H22N4O2. The lowest BCUT2D eigenvalue weighted by Crippen LogP contribution is -2.38. The van der Waals surface area contributed by atoms with Crippen molar-refractivity contribution in [3.05, 3.63) is 12.3 Å². The molecule has 0 spiro atoms. The standard InChI is InChI=1S/C13H22N4O2/c1-2-7-17-12(5-6-14-17)15-13(19)9-16-8-3-4-11(16)10-18/h5-6,11,18H,2-4,7-10H2,1H3,(H,15,19)/t11-/m0/s1. The summed E-state index contributed by atoms with van der Waals surface area (Å²) in [6.45, 7) is 4.21. The van der Waals surface area contributed by atoms with Crippen LogP contribution in [-0.4, -0.2) is 51.4 Å².